The van der Waals surface area contributed by atoms with Crippen molar-refractivity contribution in [3.63, 3.8) is 0 Å². The Morgan fingerprint density at radius 3 is 2.17 bits per heavy atom. The molecular weight excluding hydrogens is 296 g/mol. The summed E-state index contributed by atoms with van der Waals surface area (Å²) in [6, 6.07) is 0. The molecule has 0 aromatic carbocycles. The molecular formula is C18H26O5. The minimum Gasteiger partial charge on any atom is -0.468 e. The Morgan fingerprint density at radius 2 is 1.74 bits per heavy atom. The number of Topliss-reactive ketones (excluding diaryl/α,β-unsaturated/α-hetero) is 1. The van der Waals surface area contributed by atoms with Crippen LogP contribution >= 0.6 is 0 Å². The Labute approximate surface area is 137 Å². The van der Waals surface area contributed by atoms with E-state index in [0.717, 1.165) is 11.1 Å². The Balaban J connectivity index is 2.98. The Hall–Kier alpha value is -1.91. The maximum atomic E-state index is 12.1. The molecule has 0 bridgehead atoms. The van der Waals surface area contributed by atoms with Gasteiger partial charge in [-0.1, -0.05) is 37.1 Å². The number of rotatable bonds is 7. The molecule has 0 aromatic heterocycles. The van der Waals surface area contributed by atoms with Crippen LogP contribution in [0.3, 0.4) is 0 Å². The highest BCUT2D eigenvalue weighted by Gasteiger charge is 2.50. The van der Waals surface area contributed by atoms with Crippen LogP contribution in [-0.4, -0.2) is 31.9 Å². The Bertz CT molecular complexity index is 524. The minimum atomic E-state index is -1.28. The summed E-state index contributed by atoms with van der Waals surface area (Å²) < 4.78 is 9.60. The topological polar surface area (TPSA) is 69.7 Å². The normalized spacial score (nSPS) is 17.0. The van der Waals surface area contributed by atoms with Crippen molar-refractivity contribution in [1.82, 2.24) is 0 Å². The third-order valence-electron chi connectivity index (χ3n) is 4.25. The number of hydrogen-bond donors (Lipinski definition) is 0. The lowest BCUT2D eigenvalue weighted by molar-refractivity contribution is -0.168. The molecule has 5 nitrogen and oxygen atoms in total. The summed E-state index contributed by atoms with van der Waals surface area (Å²) in [7, 11) is 2.54. The molecule has 0 N–H and O–H groups in total. The molecule has 1 aliphatic carbocycles. The predicted octanol–water partition coefficient (Wildman–Crippen LogP) is 2.99. The fraction of sp³-hybridized carbons (Fsp3) is 0.611. The van der Waals surface area contributed by atoms with Crippen molar-refractivity contribution in [3.8, 4) is 0 Å². The van der Waals surface area contributed by atoms with Crippen molar-refractivity contribution in [2.45, 2.75) is 46.5 Å². The first-order valence-electron chi connectivity index (χ1n) is 7.82. The standard InChI is InChI=1S/C18H26O5/c1-12(2)15(7-6-13(3)19)10-14-8-9-18(11-14,16(20)22-4)17(21)23-5/h8,10,12H,6-7,9,11H2,1-5H3/b15-10+. The van der Waals surface area contributed by atoms with Crippen molar-refractivity contribution < 1.29 is 23.9 Å². The first-order valence-corrected chi connectivity index (χ1v) is 7.82. The molecule has 0 spiro atoms. The van der Waals surface area contributed by atoms with Crippen LogP contribution in [0, 0.1) is 11.3 Å². The van der Waals surface area contributed by atoms with Gasteiger partial charge in [0, 0.05) is 6.42 Å². The van der Waals surface area contributed by atoms with E-state index in [0.29, 0.717) is 18.8 Å². The van der Waals surface area contributed by atoms with E-state index in [1.807, 2.05) is 12.2 Å². The lowest BCUT2D eigenvalue weighted by Gasteiger charge is -2.23. The van der Waals surface area contributed by atoms with E-state index in [1.165, 1.54) is 14.2 Å². The number of methoxy groups -OCH3 is 2. The summed E-state index contributed by atoms with van der Waals surface area (Å²) in [6.45, 7) is 5.71. The molecule has 0 unspecified atom stereocenters. The predicted molar refractivity (Wildman–Crippen MR) is 86.6 cm³/mol. The van der Waals surface area contributed by atoms with Crippen molar-refractivity contribution in [3.05, 3.63) is 23.3 Å². The zero-order valence-corrected chi connectivity index (χ0v) is 14.6. The fourth-order valence-electron chi connectivity index (χ4n) is 2.78. The molecule has 0 radical (unpaired) electrons. The quantitative estimate of drug-likeness (QED) is 0.532. The molecule has 5 heteroatoms. The average Bonchev–Trinajstić information content (AvgIpc) is 2.94. The molecule has 128 valence electrons. The molecule has 1 aliphatic rings. The lowest BCUT2D eigenvalue weighted by atomic mass is 9.83. The van der Waals surface area contributed by atoms with Crippen molar-refractivity contribution in [1.29, 1.82) is 0 Å². The van der Waals surface area contributed by atoms with Gasteiger partial charge in [0.05, 0.1) is 14.2 Å². The summed E-state index contributed by atoms with van der Waals surface area (Å²) in [4.78, 5) is 35.4. The molecule has 0 aromatic rings. The molecule has 0 fully saturated rings. The third kappa shape index (κ3) is 4.53. The highest BCUT2D eigenvalue weighted by Crippen LogP contribution is 2.41. The van der Waals surface area contributed by atoms with Crippen molar-refractivity contribution >= 4 is 17.7 Å². The van der Waals surface area contributed by atoms with Gasteiger partial charge in [0.25, 0.3) is 0 Å². The van der Waals surface area contributed by atoms with Gasteiger partial charge >= 0.3 is 11.9 Å². The van der Waals surface area contributed by atoms with Gasteiger partial charge in [-0.25, -0.2) is 0 Å². The molecule has 1 rings (SSSR count). The largest absolute Gasteiger partial charge is 0.468 e. The summed E-state index contributed by atoms with van der Waals surface area (Å²) in [5.41, 5.74) is 0.767. The van der Waals surface area contributed by atoms with Gasteiger partial charge in [-0.15, -0.1) is 0 Å². The molecule has 23 heavy (non-hydrogen) atoms. The van der Waals surface area contributed by atoms with Crippen LogP contribution in [0.15, 0.2) is 23.3 Å². The van der Waals surface area contributed by atoms with Gasteiger partial charge in [-0.05, 0) is 32.1 Å². The van der Waals surface area contributed by atoms with Gasteiger partial charge in [0.1, 0.15) is 5.78 Å². The molecule has 0 atom stereocenters. The number of carbonyl (C=O) groups is 3. The minimum absolute atomic E-state index is 0.149. The monoisotopic (exact) mass is 322 g/mol. The van der Waals surface area contributed by atoms with Crippen LogP contribution in [0.1, 0.15) is 46.5 Å². The first-order chi connectivity index (χ1) is 10.8. The second-order valence-electron chi connectivity index (χ2n) is 6.30. The highest BCUT2D eigenvalue weighted by molar-refractivity contribution is 6.01. The zero-order chi connectivity index (χ0) is 17.6. The number of allylic oxidation sites excluding steroid dienone is 4. The van der Waals surface area contributed by atoms with Crippen LogP contribution in [0.4, 0.5) is 0 Å². The summed E-state index contributed by atoms with van der Waals surface area (Å²) >= 11 is 0. The van der Waals surface area contributed by atoms with E-state index in [9.17, 15) is 14.4 Å². The van der Waals surface area contributed by atoms with Gasteiger partial charge < -0.3 is 14.3 Å². The van der Waals surface area contributed by atoms with E-state index in [2.05, 4.69) is 13.8 Å². The number of carbonyl (C=O) groups excluding carboxylic acids is 3. The van der Waals surface area contributed by atoms with Gasteiger partial charge in [0.2, 0.25) is 0 Å². The Kier molecular flexibility index (Phi) is 6.73. The second-order valence-corrected chi connectivity index (χ2v) is 6.30. The lowest BCUT2D eigenvalue weighted by Crippen LogP contribution is -2.39. The zero-order valence-electron chi connectivity index (χ0n) is 14.6. The number of ketones is 1. The molecule has 0 saturated heterocycles. The van der Waals surface area contributed by atoms with Crippen LogP contribution in [0.5, 0.6) is 0 Å². The van der Waals surface area contributed by atoms with E-state index >= 15 is 0 Å². The average molecular weight is 322 g/mol. The van der Waals surface area contributed by atoms with Crippen molar-refractivity contribution in [2.24, 2.45) is 11.3 Å². The van der Waals surface area contributed by atoms with Crippen LogP contribution < -0.4 is 0 Å². The van der Waals surface area contributed by atoms with Crippen LogP contribution in [0.25, 0.3) is 0 Å². The summed E-state index contributed by atoms with van der Waals surface area (Å²) in [5, 5.41) is 0. The molecule has 0 saturated carbocycles. The first kappa shape index (κ1) is 19.1. The fourth-order valence-corrected chi connectivity index (χ4v) is 2.78. The van der Waals surface area contributed by atoms with Gasteiger partial charge in [-0.2, -0.15) is 0 Å². The summed E-state index contributed by atoms with van der Waals surface area (Å²) in [6.07, 6.45) is 5.61. The number of esters is 2. The SMILES string of the molecule is COC(=O)C1(C(=O)OC)CC=C(/C=C(\CCC(C)=O)C(C)C)C1. The molecule has 0 amide bonds. The smallest absolute Gasteiger partial charge is 0.323 e. The van der Waals surface area contributed by atoms with E-state index in [-0.39, 0.29) is 18.6 Å². The Morgan fingerprint density at radius 1 is 1.17 bits per heavy atom. The maximum Gasteiger partial charge on any atom is 0.323 e. The van der Waals surface area contributed by atoms with Crippen LogP contribution in [-0.2, 0) is 23.9 Å². The van der Waals surface area contributed by atoms with E-state index in [4.69, 9.17) is 9.47 Å². The second kappa shape index (κ2) is 8.09. The van der Waals surface area contributed by atoms with Gasteiger partial charge in [0.15, 0.2) is 5.41 Å². The van der Waals surface area contributed by atoms with E-state index < -0.39 is 17.4 Å². The summed E-state index contributed by atoms with van der Waals surface area (Å²) in [5.74, 6) is -0.699. The highest BCUT2D eigenvalue weighted by atomic mass is 16.5. The number of ether oxygens (including phenoxy) is 2. The molecule has 0 aliphatic heterocycles. The maximum absolute atomic E-state index is 12.1. The van der Waals surface area contributed by atoms with E-state index in [1.54, 1.807) is 6.92 Å². The van der Waals surface area contributed by atoms with Gasteiger partial charge in [-0.3, -0.25) is 9.59 Å². The van der Waals surface area contributed by atoms with Crippen LogP contribution in [0.2, 0.25) is 0 Å². The molecule has 0 heterocycles. The van der Waals surface area contributed by atoms with Crippen molar-refractivity contribution in [2.75, 3.05) is 14.2 Å². The third-order valence-corrected chi connectivity index (χ3v) is 4.25. The number of hydrogen-bond acceptors (Lipinski definition) is 5.